The van der Waals surface area contributed by atoms with Gasteiger partial charge in [0.2, 0.25) is 4.80 Å². The van der Waals surface area contributed by atoms with E-state index in [2.05, 4.69) is 4.99 Å². The van der Waals surface area contributed by atoms with Crippen molar-refractivity contribution in [2.24, 2.45) is 4.99 Å². The first-order valence-electron chi connectivity index (χ1n) is 2.60. The Morgan fingerprint density at radius 3 is 2.67 bits per heavy atom. The highest BCUT2D eigenvalue weighted by Crippen LogP contribution is 1.93. The minimum atomic E-state index is 0.854. The molecule has 1 aromatic heterocycles. The SMILES string of the molecule is CN=c1scc(C)n1N. The average Bonchev–Trinajstić information content (AvgIpc) is 2.15. The van der Waals surface area contributed by atoms with Gasteiger partial charge in [-0.2, -0.15) is 0 Å². The van der Waals surface area contributed by atoms with Gasteiger partial charge in [-0.1, -0.05) is 0 Å². The van der Waals surface area contributed by atoms with Gasteiger partial charge in [-0.25, -0.2) is 4.68 Å². The van der Waals surface area contributed by atoms with Gasteiger partial charge < -0.3 is 5.84 Å². The maximum Gasteiger partial charge on any atom is 0.203 e. The maximum atomic E-state index is 5.55. The van der Waals surface area contributed by atoms with Gasteiger partial charge >= 0.3 is 0 Å². The van der Waals surface area contributed by atoms with Crippen LogP contribution in [0.5, 0.6) is 0 Å². The molecular formula is C5H9N3S. The predicted octanol–water partition coefficient (Wildman–Crippen LogP) is 0.102. The zero-order valence-corrected chi connectivity index (χ0v) is 6.27. The third kappa shape index (κ3) is 0.977. The zero-order valence-electron chi connectivity index (χ0n) is 5.46. The molecule has 0 bridgehead atoms. The van der Waals surface area contributed by atoms with Crippen molar-refractivity contribution in [3.8, 4) is 0 Å². The summed E-state index contributed by atoms with van der Waals surface area (Å²) in [5, 5.41) is 1.97. The van der Waals surface area contributed by atoms with Crippen LogP contribution in [0.4, 0.5) is 0 Å². The van der Waals surface area contributed by atoms with Gasteiger partial charge in [0.15, 0.2) is 0 Å². The van der Waals surface area contributed by atoms with Gasteiger partial charge in [0.05, 0.1) is 0 Å². The maximum absolute atomic E-state index is 5.55. The summed E-state index contributed by atoms with van der Waals surface area (Å²) in [6, 6.07) is 0. The Labute approximate surface area is 57.4 Å². The molecule has 1 heterocycles. The molecule has 2 N–H and O–H groups in total. The van der Waals surface area contributed by atoms with Crippen LogP contribution >= 0.6 is 11.3 Å². The van der Waals surface area contributed by atoms with Crippen LogP contribution < -0.4 is 10.6 Å². The topological polar surface area (TPSA) is 43.3 Å². The largest absolute Gasteiger partial charge is 0.337 e. The lowest BCUT2D eigenvalue weighted by molar-refractivity contribution is 0.897. The summed E-state index contributed by atoms with van der Waals surface area (Å²) in [5.74, 6) is 5.55. The number of nitrogen functional groups attached to an aromatic ring is 1. The molecule has 50 valence electrons. The van der Waals surface area contributed by atoms with Crippen molar-refractivity contribution >= 4 is 11.3 Å². The Morgan fingerprint density at radius 1 is 1.78 bits per heavy atom. The van der Waals surface area contributed by atoms with Crippen molar-refractivity contribution in [2.45, 2.75) is 6.92 Å². The van der Waals surface area contributed by atoms with Gasteiger partial charge in [0.25, 0.3) is 0 Å². The molecular weight excluding hydrogens is 134 g/mol. The summed E-state index contributed by atoms with van der Waals surface area (Å²) in [4.78, 5) is 4.80. The van der Waals surface area contributed by atoms with Gasteiger partial charge in [-0.15, -0.1) is 11.3 Å². The molecule has 0 atom stereocenters. The molecule has 1 aromatic rings. The molecule has 0 saturated carbocycles. The second-order valence-electron chi connectivity index (χ2n) is 1.75. The molecule has 1 rings (SSSR count). The third-order valence-electron chi connectivity index (χ3n) is 1.11. The van der Waals surface area contributed by atoms with E-state index in [1.165, 1.54) is 0 Å². The first-order chi connectivity index (χ1) is 4.25. The zero-order chi connectivity index (χ0) is 6.85. The van der Waals surface area contributed by atoms with E-state index in [1.54, 1.807) is 23.1 Å². The number of aromatic nitrogens is 1. The summed E-state index contributed by atoms with van der Waals surface area (Å²) in [7, 11) is 1.73. The number of rotatable bonds is 0. The summed E-state index contributed by atoms with van der Waals surface area (Å²) in [5.41, 5.74) is 1.04. The normalized spacial score (nSPS) is 12.4. The number of hydrogen-bond donors (Lipinski definition) is 1. The monoisotopic (exact) mass is 143 g/mol. The highest BCUT2D eigenvalue weighted by molar-refractivity contribution is 7.07. The van der Waals surface area contributed by atoms with E-state index < -0.39 is 0 Å². The minimum Gasteiger partial charge on any atom is -0.337 e. The highest BCUT2D eigenvalue weighted by atomic mass is 32.1. The standard InChI is InChI=1S/C5H9N3S/c1-4-3-9-5(7-2)8(4)6/h3H,6H2,1-2H3. The molecule has 4 heteroatoms. The Morgan fingerprint density at radius 2 is 2.44 bits per heavy atom. The molecule has 9 heavy (non-hydrogen) atoms. The Hall–Kier alpha value is -0.770. The molecule has 0 fully saturated rings. The molecule has 0 aliphatic heterocycles. The van der Waals surface area contributed by atoms with Crippen LogP contribution in [-0.2, 0) is 0 Å². The van der Waals surface area contributed by atoms with Crippen molar-refractivity contribution in [1.29, 1.82) is 0 Å². The number of nitrogens with zero attached hydrogens (tertiary/aromatic N) is 2. The molecule has 0 aliphatic carbocycles. The van der Waals surface area contributed by atoms with Crippen LogP contribution in [0.15, 0.2) is 10.4 Å². The van der Waals surface area contributed by atoms with Gasteiger partial charge in [-0.05, 0) is 6.92 Å². The summed E-state index contributed by atoms with van der Waals surface area (Å²) >= 11 is 1.55. The van der Waals surface area contributed by atoms with Crippen molar-refractivity contribution in [2.75, 3.05) is 12.9 Å². The second-order valence-corrected chi connectivity index (χ2v) is 2.59. The summed E-state index contributed by atoms with van der Waals surface area (Å²) in [6.07, 6.45) is 0. The van der Waals surface area contributed by atoms with Crippen LogP contribution in [0.1, 0.15) is 5.69 Å². The average molecular weight is 143 g/mol. The number of thiazole rings is 1. The minimum absolute atomic E-state index is 0.854. The van der Waals surface area contributed by atoms with Crippen LogP contribution in [0.2, 0.25) is 0 Å². The molecule has 0 radical (unpaired) electrons. The van der Waals surface area contributed by atoms with Crippen LogP contribution in [0, 0.1) is 6.92 Å². The number of aryl methyl sites for hydroxylation is 1. The third-order valence-corrected chi connectivity index (χ3v) is 2.16. The van der Waals surface area contributed by atoms with E-state index >= 15 is 0 Å². The van der Waals surface area contributed by atoms with E-state index in [-0.39, 0.29) is 0 Å². The molecule has 0 amide bonds. The second kappa shape index (κ2) is 2.23. The van der Waals surface area contributed by atoms with Crippen molar-refractivity contribution in [3.63, 3.8) is 0 Å². The lowest BCUT2D eigenvalue weighted by Gasteiger charge is -1.91. The lowest BCUT2D eigenvalue weighted by atomic mass is 10.6. The summed E-state index contributed by atoms with van der Waals surface area (Å²) in [6.45, 7) is 1.95. The molecule has 0 aromatic carbocycles. The van der Waals surface area contributed by atoms with Crippen molar-refractivity contribution in [1.82, 2.24) is 4.68 Å². The Bertz CT molecular complexity index is 257. The van der Waals surface area contributed by atoms with Crippen LogP contribution in [0.25, 0.3) is 0 Å². The Balaban J connectivity index is 3.37. The van der Waals surface area contributed by atoms with E-state index in [4.69, 9.17) is 5.84 Å². The lowest BCUT2D eigenvalue weighted by Crippen LogP contribution is -2.23. The number of hydrogen-bond acceptors (Lipinski definition) is 3. The van der Waals surface area contributed by atoms with Gasteiger partial charge in [0, 0.05) is 18.1 Å². The van der Waals surface area contributed by atoms with E-state index in [0.29, 0.717) is 0 Å². The van der Waals surface area contributed by atoms with Crippen LogP contribution in [-0.4, -0.2) is 11.7 Å². The first-order valence-corrected chi connectivity index (χ1v) is 3.48. The highest BCUT2D eigenvalue weighted by Gasteiger charge is 1.91. The molecule has 0 spiro atoms. The number of nitrogens with two attached hydrogens (primary N) is 1. The van der Waals surface area contributed by atoms with Gasteiger partial charge in [-0.3, -0.25) is 4.99 Å². The smallest absolute Gasteiger partial charge is 0.203 e. The summed E-state index contributed by atoms with van der Waals surface area (Å²) < 4.78 is 1.57. The molecule has 0 aliphatic rings. The fraction of sp³-hybridized carbons (Fsp3) is 0.400. The fourth-order valence-corrected chi connectivity index (χ4v) is 1.32. The van der Waals surface area contributed by atoms with E-state index in [9.17, 15) is 0 Å². The molecule has 3 nitrogen and oxygen atoms in total. The predicted molar refractivity (Wildman–Crippen MR) is 38.7 cm³/mol. The quantitative estimate of drug-likeness (QED) is 0.514. The fourth-order valence-electron chi connectivity index (χ4n) is 0.563. The molecule has 0 saturated heterocycles. The van der Waals surface area contributed by atoms with Crippen molar-refractivity contribution < 1.29 is 0 Å². The van der Waals surface area contributed by atoms with E-state index in [0.717, 1.165) is 10.5 Å². The molecule has 0 unspecified atom stereocenters. The Kier molecular flexibility index (Phi) is 1.57. The van der Waals surface area contributed by atoms with Gasteiger partial charge in [0.1, 0.15) is 0 Å². The first kappa shape index (κ1) is 6.35. The van der Waals surface area contributed by atoms with Crippen molar-refractivity contribution in [3.05, 3.63) is 15.9 Å². The van der Waals surface area contributed by atoms with Crippen LogP contribution in [0.3, 0.4) is 0 Å². The van der Waals surface area contributed by atoms with E-state index in [1.807, 2.05) is 12.3 Å².